The van der Waals surface area contributed by atoms with Crippen molar-refractivity contribution in [3.8, 4) is 0 Å². The molecular formula is C8H11NO2S. The zero-order valence-corrected chi connectivity index (χ0v) is 7.71. The molecule has 1 aromatic rings. The fourth-order valence-electron chi connectivity index (χ4n) is 0.853. The largest absolute Gasteiger partial charge is 0.265 e. The standard InChI is InChI=1S/C8H11NO2S/c1-12(10,11)7-4-8-2-5-9-6-3-8/h2-3,5-6H,4,7H2,1H3. The Morgan fingerprint density at radius 2 is 1.92 bits per heavy atom. The normalized spacial score (nSPS) is 11.4. The smallest absolute Gasteiger partial charge is 0.147 e. The Kier molecular flexibility index (Phi) is 2.81. The van der Waals surface area contributed by atoms with Crippen LogP contribution in [-0.4, -0.2) is 25.4 Å². The van der Waals surface area contributed by atoms with Gasteiger partial charge in [0.1, 0.15) is 9.84 Å². The molecule has 0 unspecified atom stereocenters. The zero-order valence-electron chi connectivity index (χ0n) is 6.90. The molecule has 66 valence electrons. The number of sulfone groups is 1. The van der Waals surface area contributed by atoms with E-state index in [2.05, 4.69) is 4.98 Å². The third-order valence-electron chi connectivity index (χ3n) is 1.51. The summed E-state index contributed by atoms with van der Waals surface area (Å²) in [5, 5.41) is 0. The second kappa shape index (κ2) is 3.67. The molecule has 0 bridgehead atoms. The molecular weight excluding hydrogens is 174 g/mol. The molecule has 0 amide bonds. The molecule has 1 rings (SSSR count). The summed E-state index contributed by atoms with van der Waals surface area (Å²) in [5.41, 5.74) is 1.01. The predicted molar refractivity (Wildman–Crippen MR) is 47.7 cm³/mol. The Morgan fingerprint density at radius 1 is 1.33 bits per heavy atom. The van der Waals surface area contributed by atoms with Crippen molar-refractivity contribution in [1.82, 2.24) is 4.98 Å². The zero-order chi connectivity index (χ0) is 9.03. The summed E-state index contributed by atoms with van der Waals surface area (Å²) in [7, 11) is -2.84. The van der Waals surface area contributed by atoms with Gasteiger partial charge in [-0.1, -0.05) is 0 Å². The van der Waals surface area contributed by atoms with Crippen molar-refractivity contribution in [3.63, 3.8) is 0 Å². The first-order valence-electron chi connectivity index (χ1n) is 3.64. The minimum atomic E-state index is -2.84. The highest BCUT2D eigenvalue weighted by molar-refractivity contribution is 7.90. The summed E-state index contributed by atoms with van der Waals surface area (Å²) in [6.45, 7) is 0. The SMILES string of the molecule is CS(=O)(=O)CCc1ccncc1. The average Bonchev–Trinajstić information content (AvgIpc) is 2.02. The Balaban J connectivity index is 2.56. The topological polar surface area (TPSA) is 47.0 Å². The third-order valence-corrected chi connectivity index (χ3v) is 2.46. The van der Waals surface area contributed by atoms with Crippen LogP contribution in [0.1, 0.15) is 5.56 Å². The molecule has 0 saturated carbocycles. The maximum atomic E-state index is 10.8. The maximum Gasteiger partial charge on any atom is 0.147 e. The maximum absolute atomic E-state index is 10.8. The lowest BCUT2D eigenvalue weighted by molar-refractivity contribution is 0.601. The van der Waals surface area contributed by atoms with Crippen LogP contribution in [0.2, 0.25) is 0 Å². The van der Waals surface area contributed by atoms with Crippen LogP contribution in [0.25, 0.3) is 0 Å². The second-order valence-electron chi connectivity index (χ2n) is 2.74. The molecule has 0 radical (unpaired) electrons. The van der Waals surface area contributed by atoms with Gasteiger partial charge in [0.15, 0.2) is 0 Å². The first-order valence-corrected chi connectivity index (χ1v) is 5.70. The van der Waals surface area contributed by atoms with Crippen LogP contribution < -0.4 is 0 Å². The molecule has 0 fully saturated rings. The van der Waals surface area contributed by atoms with E-state index in [4.69, 9.17) is 0 Å². The van der Waals surface area contributed by atoms with Gasteiger partial charge in [-0.15, -0.1) is 0 Å². The van der Waals surface area contributed by atoms with Crippen LogP contribution in [0.5, 0.6) is 0 Å². The van der Waals surface area contributed by atoms with Gasteiger partial charge in [-0.25, -0.2) is 8.42 Å². The van der Waals surface area contributed by atoms with E-state index < -0.39 is 9.84 Å². The Morgan fingerprint density at radius 3 is 2.42 bits per heavy atom. The van der Waals surface area contributed by atoms with Crippen molar-refractivity contribution in [1.29, 1.82) is 0 Å². The molecule has 0 atom stereocenters. The van der Waals surface area contributed by atoms with Gasteiger partial charge in [0.2, 0.25) is 0 Å². The van der Waals surface area contributed by atoms with Crippen molar-refractivity contribution < 1.29 is 8.42 Å². The molecule has 4 heteroatoms. The molecule has 1 aromatic heterocycles. The van der Waals surface area contributed by atoms with Gasteiger partial charge < -0.3 is 0 Å². The Bertz CT molecular complexity index is 331. The van der Waals surface area contributed by atoms with Crippen LogP contribution in [-0.2, 0) is 16.3 Å². The lowest BCUT2D eigenvalue weighted by atomic mass is 10.2. The fourth-order valence-corrected chi connectivity index (χ4v) is 1.46. The summed E-state index contributed by atoms with van der Waals surface area (Å²) in [5.74, 6) is 0.205. The lowest BCUT2D eigenvalue weighted by Crippen LogP contribution is -2.05. The Labute approximate surface area is 72.4 Å². The van der Waals surface area contributed by atoms with Gasteiger partial charge in [-0.3, -0.25) is 4.98 Å². The van der Waals surface area contributed by atoms with Crippen LogP contribution >= 0.6 is 0 Å². The molecule has 3 nitrogen and oxygen atoms in total. The molecule has 0 N–H and O–H groups in total. The van der Waals surface area contributed by atoms with E-state index in [-0.39, 0.29) is 5.75 Å². The van der Waals surface area contributed by atoms with Crippen molar-refractivity contribution in [2.24, 2.45) is 0 Å². The molecule has 0 aliphatic rings. The number of aryl methyl sites for hydroxylation is 1. The van der Waals surface area contributed by atoms with Gasteiger partial charge in [-0.05, 0) is 24.1 Å². The molecule has 0 spiro atoms. The van der Waals surface area contributed by atoms with E-state index in [1.54, 1.807) is 12.4 Å². The summed E-state index contributed by atoms with van der Waals surface area (Å²) in [6, 6.07) is 3.65. The first-order chi connectivity index (χ1) is 5.58. The number of hydrogen-bond donors (Lipinski definition) is 0. The third kappa shape index (κ3) is 3.48. The predicted octanol–water partition coefficient (Wildman–Crippen LogP) is 0.669. The van der Waals surface area contributed by atoms with Crippen molar-refractivity contribution in [2.75, 3.05) is 12.0 Å². The van der Waals surface area contributed by atoms with Gasteiger partial charge in [0, 0.05) is 18.6 Å². The van der Waals surface area contributed by atoms with E-state index in [0.29, 0.717) is 6.42 Å². The van der Waals surface area contributed by atoms with E-state index in [1.807, 2.05) is 12.1 Å². The molecule has 12 heavy (non-hydrogen) atoms. The fraction of sp³-hybridized carbons (Fsp3) is 0.375. The highest BCUT2D eigenvalue weighted by Gasteiger charge is 2.01. The summed E-state index contributed by atoms with van der Waals surface area (Å²) in [4.78, 5) is 3.84. The number of hydrogen-bond acceptors (Lipinski definition) is 3. The van der Waals surface area contributed by atoms with Crippen molar-refractivity contribution in [3.05, 3.63) is 30.1 Å². The highest BCUT2D eigenvalue weighted by atomic mass is 32.2. The van der Waals surface area contributed by atoms with Crippen LogP contribution in [0.4, 0.5) is 0 Å². The van der Waals surface area contributed by atoms with Gasteiger partial charge in [0.25, 0.3) is 0 Å². The van der Waals surface area contributed by atoms with E-state index in [0.717, 1.165) is 5.56 Å². The Hall–Kier alpha value is -0.900. The quantitative estimate of drug-likeness (QED) is 0.695. The average molecular weight is 185 g/mol. The lowest BCUT2D eigenvalue weighted by Gasteiger charge is -1.97. The van der Waals surface area contributed by atoms with Gasteiger partial charge in [0.05, 0.1) is 5.75 Å². The molecule has 0 saturated heterocycles. The van der Waals surface area contributed by atoms with Crippen LogP contribution in [0.15, 0.2) is 24.5 Å². The number of rotatable bonds is 3. The van der Waals surface area contributed by atoms with E-state index >= 15 is 0 Å². The minimum absolute atomic E-state index is 0.205. The highest BCUT2D eigenvalue weighted by Crippen LogP contribution is 1.99. The number of aromatic nitrogens is 1. The number of pyridine rings is 1. The van der Waals surface area contributed by atoms with E-state index in [9.17, 15) is 8.42 Å². The van der Waals surface area contributed by atoms with Gasteiger partial charge in [-0.2, -0.15) is 0 Å². The van der Waals surface area contributed by atoms with Crippen LogP contribution in [0, 0.1) is 0 Å². The molecule has 0 aliphatic heterocycles. The summed E-state index contributed by atoms with van der Waals surface area (Å²) >= 11 is 0. The second-order valence-corrected chi connectivity index (χ2v) is 5.00. The summed E-state index contributed by atoms with van der Waals surface area (Å²) in [6.07, 6.45) is 5.14. The van der Waals surface area contributed by atoms with E-state index in [1.165, 1.54) is 6.26 Å². The van der Waals surface area contributed by atoms with Crippen molar-refractivity contribution >= 4 is 9.84 Å². The van der Waals surface area contributed by atoms with Gasteiger partial charge >= 0.3 is 0 Å². The van der Waals surface area contributed by atoms with Crippen LogP contribution in [0.3, 0.4) is 0 Å². The first kappa shape index (κ1) is 9.19. The minimum Gasteiger partial charge on any atom is -0.265 e. The molecule has 0 aliphatic carbocycles. The van der Waals surface area contributed by atoms with Crippen molar-refractivity contribution in [2.45, 2.75) is 6.42 Å². The summed E-state index contributed by atoms with van der Waals surface area (Å²) < 4.78 is 21.6. The number of nitrogens with zero attached hydrogens (tertiary/aromatic N) is 1. The monoisotopic (exact) mass is 185 g/mol. The molecule has 0 aromatic carbocycles. The molecule has 1 heterocycles.